The fourth-order valence-corrected chi connectivity index (χ4v) is 3.83. The molecule has 1 aromatic rings. The van der Waals surface area contributed by atoms with E-state index in [1.165, 1.54) is 11.1 Å². The SMILES string of the molecule is Cc1ccc(C2CS(=O)CC(C)(C)N2)cc1. The molecule has 1 fully saturated rings. The lowest BCUT2D eigenvalue weighted by molar-refractivity contribution is 0.369. The summed E-state index contributed by atoms with van der Waals surface area (Å²) in [6.45, 7) is 6.32. The molecule has 2 atom stereocenters. The van der Waals surface area contributed by atoms with Crippen LogP contribution in [0.4, 0.5) is 0 Å². The Kier molecular flexibility index (Phi) is 3.17. The van der Waals surface area contributed by atoms with E-state index in [-0.39, 0.29) is 11.6 Å². The van der Waals surface area contributed by atoms with E-state index < -0.39 is 10.8 Å². The molecule has 2 rings (SSSR count). The van der Waals surface area contributed by atoms with Gasteiger partial charge in [-0.3, -0.25) is 4.21 Å². The number of hydrogen-bond acceptors (Lipinski definition) is 2. The molecule has 3 heteroatoms. The summed E-state index contributed by atoms with van der Waals surface area (Å²) in [4.78, 5) is 0. The van der Waals surface area contributed by atoms with E-state index in [4.69, 9.17) is 0 Å². The van der Waals surface area contributed by atoms with E-state index in [2.05, 4.69) is 50.4 Å². The zero-order valence-corrected chi connectivity index (χ0v) is 10.9. The van der Waals surface area contributed by atoms with Crippen molar-refractivity contribution in [3.8, 4) is 0 Å². The van der Waals surface area contributed by atoms with E-state index in [0.717, 1.165) is 11.5 Å². The Balaban J connectivity index is 2.21. The number of rotatable bonds is 1. The first-order valence-electron chi connectivity index (χ1n) is 5.65. The van der Waals surface area contributed by atoms with Gasteiger partial charge in [-0.2, -0.15) is 0 Å². The topological polar surface area (TPSA) is 29.1 Å². The predicted octanol–water partition coefficient (Wildman–Crippen LogP) is 2.17. The van der Waals surface area contributed by atoms with Gasteiger partial charge in [-0.05, 0) is 26.3 Å². The van der Waals surface area contributed by atoms with Crippen molar-refractivity contribution in [2.75, 3.05) is 11.5 Å². The van der Waals surface area contributed by atoms with Gasteiger partial charge in [-0.1, -0.05) is 29.8 Å². The minimum atomic E-state index is -0.708. The third-order valence-electron chi connectivity index (χ3n) is 2.92. The zero-order valence-electron chi connectivity index (χ0n) is 10.1. The first-order valence-corrected chi connectivity index (χ1v) is 7.14. The molecule has 0 radical (unpaired) electrons. The lowest BCUT2D eigenvalue weighted by atomic mass is 10.0. The lowest BCUT2D eigenvalue weighted by Crippen LogP contribution is -2.52. The molecule has 2 unspecified atom stereocenters. The Bertz CT molecular complexity index is 397. The average Bonchev–Trinajstić information content (AvgIpc) is 2.15. The van der Waals surface area contributed by atoms with Gasteiger partial charge in [0.1, 0.15) is 0 Å². The molecule has 1 saturated heterocycles. The predicted molar refractivity (Wildman–Crippen MR) is 69.0 cm³/mol. The largest absolute Gasteiger partial charge is 0.303 e. The summed E-state index contributed by atoms with van der Waals surface area (Å²) in [6.07, 6.45) is 0. The van der Waals surface area contributed by atoms with Crippen molar-refractivity contribution < 1.29 is 4.21 Å². The van der Waals surface area contributed by atoms with E-state index in [9.17, 15) is 4.21 Å². The van der Waals surface area contributed by atoms with Crippen LogP contribution >= 0.6 is 0 Å². The third-order valence-corrected chi connectivity index (χ3v) is 4.67. The molecule has 1 aliphatic rings. The fraction of sp³-hybridized carbons (Fsp3) is 0.538. The first kappa shape index (κ1) is 11.8. The molecule has 2 nitrogen and oxygen atoms in total. The smallest absolute Gasteiger partial charge is 0.0441 e. The molecule has 1 aliphatic heterocycles. The van der Waals surface area contributed by atoms with Gasteiger partial charge in [-0.25, -0.2) is 0 Å². The van der Waals surface area contributed by atoms with E-state index >= 15 is 0 Å². The minimum Gasteiger partial charge on any atom is -0.303 e. The summed E-state index contributed by atoms with van der Waals surface area (Å²) in [6, 6.07) is 8.71. The summed E-state index contributed by atoms with van der Waals surface area (Å²) >= 11 is 0. The molecule has 88 valence electrons. The van der Waals surface area contributed by atoms with E-state index in [1.807, 2.05) is 0 Å². The monoisotopic (exact) mass is 237 g/mol. The third kappa shape index (κ3) is 2.71. The van der Waals surface area contributed by atoms with Gasteiger partial charge >= 0.3 is 0 Å². The number of nitrogens with one attached hydrogen (secondary N) is 1. The highest BCUT2D eigenvalue weighted by Crippen LogP contribution is 2.24. The fourth-order valence-electron chi connectivity index (χ4n) is 2.18. The molecule has 1 N–H and O–H groups in total. The van der Waals surface area contributed by atoms with Crippen molar-refractivity contribution in [3.63, 3.8) is 0 Å². The van der Waals surface area contributed by atoms with Crippen LogP contribution < -0.4 is 5.32 Å². The molecule has 16 heavy (non-hydrogen) atoms. The summed E-state index contributed by atoms with van der Waals surface area (Å²) in [5.41, 5.74) is 2.48. The van der Waals surface area contributed by atoms with Crippen LogP contribution in [0.3, 0.4) is 0 Å². The Labute approximate surface area is 99.9 Å². The highest BCUT2D eigenvalue weighted by atomic mass is 32.2. The maximum Gasteiger partial charge on any atom is 0.0441 e. The molecule has 1 heterocycles. The van der Waals surface area contributed by atoms with Crippen LogP contribution in [-0.4, -0.2) is 21.3 Å². The molecular weight excluding hydrogens is 218 g/mol. The highest BCUT2D eigenvalue weighted by Gasteiger charge is 2.31. The summed E-state index contributed by atoms with van der Waals surface area (Å²) in [5.74, 6) is 1.47. The van der Waals surface area contributed by atoms with Gasteiger partial charge in [0.15, 0.2) is 0 Å². The molecule has 0 spiro atoms. The van der Waals surface area contributed by atoms with Crippen LogP contribution in [0.5, 0.6) is 0 Å². The van der Waals surface area contributed by atoms with Gasteiger partial charge in [0, 0.05) is 33.9 Å². The van der Waals surface area contributed by atoms with Crippen molar-refractivity contribution in [1.29, 1.82) is 0 Å². The van der Waals surface area contributed by atoms with Crippen molar-refractivity contribution in [3.05, 3.63) is 35.4 Å². The van der Waals surface area contributed by atoms with Gasteiger partial charge in [-0.15, -0.1) is 0 Å². The van der Waals surface area contributed by atoms with Gasteiger partial charge in [0.25, 0.3) is 0 Å². The van der Waals surface area contributed by atoms with Crippen LogP contribution in [0, 0.1) is 6.92 Å². The highest BCUT2D eigenvalue weighted by molar-refractivity contribution is 7.85. The van der Waals surface area contributed by atoms with Gasteiger partial charge < -0.3 is 5.32 Å². The standard InChI is InChI=1S/C13H19NOS/c1-10-4-6-11(7-5-10)12-8-16(15)9-13(2,3)14-12/h4-7,12,14H,8-9H2,1-3H3. The zero-order chi connectivity index (χ0) is 11.8. The van der Waals surface area contributed by atoms with Crippen LogP contribution in [0.15, 0.2) is 24.3 Å². The second kappa shape index (κ2) is 4.30. The molecule has 0 saturated carbocycles. The van der Waals surface area contributed by atoms with Crippen LogP contribution in [0.1, 0.15) is 31.0 Å². The van der Waals surface area contributed by atoms with Crippen LogP contribution in [0.25, 0.3) is 0 Å². The summed E-state index contributed by atoms with van der Waals surface area (Å²) in [5, 5.41) is 3.57. The van der Waals surface area contributed by atoms with Crippen LogP contribution in [-0.2, 0) is 10.8 Å². The molecule has 0 bridgehead atoms. The second-order valence-corrected chi connectivity index (χ2v) is 6.74. The van der Waals surface area contributed by atoms with E-state index in [1.54, 1.807) is 0 Å². The first-order chi connectivity index (χ1) is 7.46. The van der Waals surface area contributed by atoms with Gasteiger partial charge in [0.05, 0.1) is 0 Å². The van der Waals surface area contributed by atoms with Crippen molar-refractivity contribution in [2.24, 2.45) is 0 Å². The summed E-state index contributed by atoms with van der Waals surface area (Å²) in [7, 11) is -0.708. The molecule has 1 aromatic carbocycles. The molecular formula is C13H19NOS. The maximum atomic E-state index is 11.8. The molecule has 0 aliphatic carbocycles. The Hall–Kier alpha value is -0.670. The summed E-state index contributed by atoms with van der Waals surface area (Å²) < 4.78 is 11.8. The lowest BCUT2D eigenvalue weighted by Gasteiger charge is -2.36. The normalized spacial score (nSPS) is 28.9. The molecule has 0 aromatic heterocycles. The second-order valence-electron chi connectivity index (χ2n) is 5.24. The Morgan fingerprint density at radius 2 is 1.94 bits per heavy atom. The molecule has 0 amide bonds. The van der Waals surface area contributed by atoms with Gasteiger partial charge in [0.2, 0.25) is 0 Å². The van der Waals surface area contributed by atoms with Crippen molar-refractivity contribution >= 4 is 10.8 Å². The van der Waals surface area contributed by atoms with E-state index in [0.29, 0.717) is 0 Å². The average molecular weight is 237 g/mol. The van der Waals surface area contributed by atoms with Crippen LogP contribution in [0.2, 0.25) is 0 Å². The number of benzene rings is 1. The van der Waals surface area contributed by atoms with Crippen molar-refractivity contribution in [2.45, 2.75) is 32.4 Å². The number of aryl methyl sites for hydroxylation is 1. The minimum absolute atomic E-state index is 0.0291. The Morgan fingerprint density at radius 1 is 1.31 bits per heavy atom. The number of hydrogen-bond donors (Lipinski definition) is 1. The Morgan fingerprint density at radius 3 is 2.50 bits per heavy atom. The quantitative estimate of drug-likeness (QED) is 0.811. The maximum absolute atomic E-state index is 11.8. The van der Waals surface area contributed by atoms with Crippen molar-refractivity contribution in [1.82, 2.24) is 5.32 Å².